The van der Waals surface area contributed by atoms with Crippen molar-refractivity contribution in [2.75, 3.05) is 5.32 Å². The third-order valence-electron chi connectivity index (χ3n) is 2.09. The molecule has 0 saturated heterocycles. The maximum atomic E-state index is 10.8. The second-order valence-corrected chi connectivity index (χ2v) is 2.89. The van der Waals surface area contributed by atoms with E-state index >= 15 is 0 Å². The minimum atomic E-state index is -0.867. The Morgan fingerprint density at radius 1 is 1.46 bits per heavy atom. The quantitative estimate of drug-likeness (QED) is 0.685. The average Bonchev–Trinajstić information content (AvgIpc) is 2.17. The number of nitrogens with one attached hydrogen (secondary N) is 1. The highest BCUT2D eigenvalue weighted by molar-refractivity contribution is 5.91. The Bertz CT molecular complexity index is 383. The summed E-state index contributed by atoms with van der Waals surface area (Å²) in [5.74, 6) is -0.867. The molecule has 2 N–H and O–H groups in total. The van der Waals surface area contributed by atoms with E-state index in [1.54, 1.807) is 12.1 Å². The molecule has 0 atom stereocenters. The zero-order chi connectivity index (χ0) is 9.26. The van der Waals surface area contributed by atoms with Crippen LogP contribution in [0.5, 0.6) is 0 Å². The van der Waals surface area contributed by atoms with E-state index in [1.165, 1.54) is 0 Å². The second-order valence-electron chi connectivity index (χ2n) is 2.89. The Hall–Kier alpha value is -1.77. The number of rotatable bonds is 1. The maximum absolute atomic E-state index is 10.8. The van der Waals surface area contributed by atoms with Gasteiger partial charge in [0.1, 0.15) is 0 Å². The number of hydrogen-bond acceptors (Lipinski definition) is 2. The van der Waals surface area contributed by atoms with Crippen molar-refractivity contribution in [3.63, 3.8) is 0 Å². The number of fused-ring (bicyclic) bond motifs is 1. The highest BCUT2D eigenvalue weighted by Gasteiger charge is 2.13. The molecule has 0 saturated carbocycles. The summed E-state index contributed by atoms with van der Waals surface area (Å²) >= 11 is 0. The first-order chi connectivity index (χ1) is 6.29. The van der Waals surface area contributed by atoms with E-state index in [0.717, 1.165) is 11.3 Å². The van der Waals surface area contributed by atoms with Crippen LogP contribution in [0.15, 0.2) is 30.5 Å². The van der Waals surface area contributed by atoms with Crippen LogP contribution in [0.3, 0.4) is 0 Å². The molecule has 0 bridgehead atoms. The fourth-order valence-corrected chi connectivity index (χ4v) is 1.47. The molecule has 0 aromatic heterocycles. The Balaban J connectivity index is 2.55. The van der Waals surface area contributed by atoms with Crippen LogP contribution >= 0.6 is 0 Å². The van der Waals surface area contributed by atoms with Crippen LogP contribution in [0, 0.1) is 0 Å². The maximum Gasteiger partial charge on any atom is 0.336 e. The third-order valence-corrected chi connectivity index (χ3v) is 2.09. The lowest BCUT2D eigenvalue weighted by molar-refractivity contribution is 0.0696. The zero-order valence-electron chi connectivity index (χ0n) is 6.95. The summed E-state index contributed by atoms with van der Waals surface area (Å²) in [6, 6.07) is 5.25. The van der Waals surface area contributed by atoms with Gasteiger partial charge in [-0.05, 0) is 30.3 Å². The summed E-state index contributed by atoms with van der Waals surface area (Å²) in [7, 11) is 0. The smallest absolute Gasteiger partial charge is 0.336 e. The highest BCUT2D eigenvalue weighted by Crippen LogP contribution is 2.23. The monoisotopic (exact) mass is 175 g/mol. The number of carbonyl (C=O) groups is 1. The van der Waals surface area contributed by atoms with Crippen molar-refractivity contribution in [3.8, 4) is 0 Å². The van der Waals surface area contributed by atoms with E-state index < -0.39 is 5.97 Å². The molecule has 1 aromatic carbocycles. The molecule has 0 unspecified atom stereocenters. The van der Waals surface area contributed by atoms with Crippen molar-refractivity contribution in [1.29, 1.82) is 0 Å². The van der Waals surface area contributed by atoms with Gasteiger partial charge in [-0.15, -0.1) is 0 Å². The van der Waals surface area contributed by atoms with Gasteiger partial charge < -0.3 is 10.4 Å². The van der Waals surface area contributed by atoms with Gasteiger partial charge in [0.05, 0.1) is 5.56 Å². The lowest BCUT2D eigenvalue weighted by atomic mass is 10.0. The van der Waals surface area contributed by atoms with E-state index in [-0.39, 0.29) is 0 Å². The van der Waals surface area contributed by atoms with Crippen molar-refractivity contribution in [1.82, 2.24) is 0 Å². The normalized spacial score (nSPS) is 13.2. The molecule has 13 heavy (non-hydrogen) atoms. The van der Waals surface area contributed by atoms with Gasteiger partial charge >= 0.3 is 5.97 Å². The van der Waals surface area contributed by atoms with Crippen LogP contribution in [0.2, 0.25) is 0 Å². The second kappa shape index (κ2) is 2.94. The minimum Gasteiger partial charge on any atom is -0.478 e. The molecule has 1 aliphatic rings. The SMILES string of the molecule is O=C(O)c1cccc2c1CC=CN2. The number of anilines is 1. The Labute approximate surface area is 75.7 Å². The molecular weight excluding hydrogens is 166 g/mol. The van der Waals surface area contributed by atoms with E-state index in [4.69, 9.17) is 5.11 Å². The van der Waals surface area contributed by atoms with Crippen LogP contribution in [-0.4, -0.2) is 11.1 Å². The van der Waals surface area contributed by atoms with Gasteiger partial charge in [0.15, 0.2) is 0 Å². The number of benzene rings is 1. The van der Waals surface area contributed by atoms with Crippen LogP contribution < -0.4 is 5.32 Å². The number of aromatic carboxylic acids is 1. The number of allylic oxidation sites excluding steroid dienone is 1. The van der Waals surface area contributed by atoms with Crippen LogP contribution in [0.4, 0.5) is 5.69 Å². The standard InChI is InChI=1S/C10H9NO2/c12-10(13)8-3-1-5-9-7(8)4-2-6-11-9/h1-3,5-6,11H,4H2,(H,12,13). The van der Waals surface area contributed by atoms with E-state index in [2.05, 4.69) is 5.32 Å². The average molecular weight is 175 g/mol. The molecule has 3 heteroatoms. The third kappa shape index (κ3) is 1.28. The Kier molecular flexibility index (Phi) is 1.77. The van der Waals surface area contributed by atoms with E-state index in [9.17, 15) is 4.79 Å². The molecule has 0 radical (unpaired) electrons. The van der Waals surface area contributed by atoms with Gasteiger partial charge in [0.2, 0.25) is 0 Å². The van der Waals surface area contributed by atoms with Gasteiger partial charge in [-0.2, -0.15) is 0 Å². The van der Waals surface area contributed by atoms with E-state index in [0.29, 0.717) is 12.0 Å². The zero-order valence-corrected chi connectivity index (χ0v) is 6.95. The van der Waals surface area contributed by atoms with Gasteiger partial charge in [0.25, 0.3) is 0 Å². The Morgan fingerprint density at radius 3 is 3.08 bits per heavy atom. The molecule has 1 aromatic rings. The van der Waals surface area contributed by atoms with Crippen molar-refractivity contribution in [3.05, 3.63) is 41.6 Å². The summed E-state index contributed by atoms with van der Waals surface area (Å²) in [6.45, 7) is 0. The first kappa shape index (κ1) is 7.86. The first-order valence-electron chi connectivity index (χ1n) is 4.06. The topological polar surface area (TPSA) is 49.3 Å². The predicted molar refractivity (Wildman–Crippen MR) is 49.9 cm³/mol. The van der Waals surface area contributed by atoms with Crippen LogP contribution in [0.1, 0.15) is 15.9 Å². The molecule has 0 spiro atoms. The summed E-state index contributed by atoms with van der Waals surface area (Å²) in [5, 5.41) is 11.9. The van der Waals surface area contributed by atoms with Crippen molar-refractivity contribution in [2.45, 2.75) is 6.42 Å². The van der Waals surface area contributed by atoms with Crippen LogP contribution in [-0.2, 0) is 6.42 Å². The number of hydrogen-bond donors (Lipinski definition) is 2. The lowest BCUT2D eigenvalue weighted by Crippen LogP contribution is -2.07. The highest BCUT2D eigenvalue weighted by atomic mass is 16.4. The molecule has 0 aliphatic carbocycles. The number of carboxylic acids is 1. The predicted octanol–water partition coefficient (Wildman–Crippen LogP) is 1.87. The number of carboxylic acid groups (broad SMARTS) is 1. The van der Waals surface area contributed by atoms with E-state index in [1.807, 2.05) is 18.3 Å². The Morgan fingerprint density at radius 2 is 2.31 bits per heavy atom. The molecule has 3 nitrogen and oxygen atoms in total. The van der Waals surface area contributed by atoms with Crippen molar-refractivity contribution < 1.29 is 9.90 Å². The van der Waals surface area contributed by atoms with Crippen LogP contribution in [0.25, 0.3) is 0 Å². The van der Waals surface area contributed by atoms with Gasteiger partial charge in [-0.25, -0.2) is 4.79 Å². The molecule has 66 valence electrons. The fourth-order valence-electron chi connectivity index (χ4n) is 1.47. The minimum absolute atomic E-state index is 0.384. The van der Waals surface area contributed by atoms with Gasteiger partial charge in [-0.1, -0.05) is 12.1 Å². The fraction of sp³-hybridized carbons (Fsp3) is 0.100. The molecule has 1 heterocycles. The summed E-state index contributed by atoms with van der Waals surface area (Å²) in [4.78, 5) is 10.8. The van der Waals surface area contributed by atoms with Crippen molar-refractivity contribution >= 4 is 11.7 Å². The molecule has 2 rings (SSSR count). The summed E-state index contributed by atoms with van der Waals surface area (Å²) < 4.78 is 0. The molecule has 1 aliphatic heterocycles. The largest absolute Gasteiger partial charge is 0.478 e. The van der Waals surface area contributed by atoms with Crippen molar-refractivity contribution in [2.24, 2.45) is 0 Å². The molecule has 0 amide bonds. The summed E-state index contributed by atoms with van der Waals surface area (Å²) in [5.41, 5.74) is 2.13. The molecule has 0 fully saturated rings. The summed E-state index contributed by atoms with van der Waals surface area (Å²) in [6.07, 6.45) is 4.42. The molecular formula is C10H9NO2. The van der Waals surface area contributed by atoms with Gasteiger partial charge in [0, 0.05) is 5.69 Å². The lowest BCUT2D eigenvalue weighted by Gasteiger charge is -2.14. The van der Waals surface area contributed by atoms with Gasteiger partial charge in [-0.3, -0.25) is 0 Å². The first-order valence-corrected chi connectivity index (χ1v) is 4.06.